The second-order valence-corrected chi connectivity index (χ2v) is 6.94. The van der Waals surface area contributed by atoms with Crippen LogP contribution in [0.15, 0.2) is 18.2 Å². The van der Waals surface area contributed by atoms with E-state index in [0.717, 1.165) is 43.6 Å². The lowest BCUT2D eigenvalue weighted by molar-refractivity contribution is -0.116. The van der Waals surface area contributed by atoms with Crippen LogP contribution in [-0.2, 0) is 4.79 Å². The number of amides is 2. The molecule has 2 amide bonds. The highest BCUT2D eigenvalue weighted by Gasteiger charge is 2.15. The van der Waals surface area contributed by atoms with E-state index >= 15 is 0 Å². The Labute approximate surface area is 144 Å². The van der Waals surface area contributed by atoms with Gasteiger partial charge in [0.1, 0.15) is 0 Å². The molecule has 24 heavy (non-hydrogen) atoms. The summed E-state index contributed by atoms with van der Waals surface area (Å²) in [6.45, 7) is 7.90. The third-order valence-corrected chi connectivity index (χ3v) is 4.42. The monoisotopic (exact) mass is 331 g/mol. The van der Waals surface area contributed by atoms with Gasteiger partial charge in [0.2, 0.25) is 5.91 Å². The van der Waals surface area contributed by atoms with Crippen LogP contribution >= 0.6 is 0 Å². The number of carbonyl (C=O) groups excluding carboxylic acids is 2. The molecule has 0 saturated carbocycles. The highest BCUT2D eigenvalue weighted by molar-refractivity contribution is 5.96. The number of hydrogen-bond acceptors (Lipinski definition) is 3. The summed E-state index contributed by atoms with van der Waals surface area (Å²) in [6.07, 6.45) is 3.82. The number of aryl methyl sites for hydroxylation is 1. The van der Waals surface area contributed by atoms with E-state index in [2.05, 4.69) is 16.0 Å². The zero-order chi connectivity index (χ0) is 17.5. The van der Waals surface area contributed by atoms with E-state index < -0.39 is 0 Å². The molecule has 1 heterocycles. The number of piperidine rings is 1. The van der Waals surface area contributed by atoms with Gasteiger partial charge in [0.25, 0.3) is 5.91 Å². The second kappa shape index (κ2) is 8.83. The maximum Gasteiger partial charge on any atom is 0.251 e. The van der Waals surface area contributed by atoms with Crippen LogP contribution in [0, 0.1) is 12.8 Å². The molecule has 5 nitrogen and oxygen atoms in total. The summed E-state index contributed by atoms with van der Waals surface area (Å²) in [5.74, 6) is 0.619. The molecule has 0 spiro atoms. The second-order valence-electron chi connectivity index (χ2n) is 6.94. The predicted molar refractivity (Wildman–Crippen MR) is 97.2 cm³/mol. The summed E-state index contributed by atoms with van der Waals surface area (Å²) in [5.41, 5.74) is 2.31. The van der Waals surface area contributed by atoms with Crippen molar-refractivity contribution in [3.05, 3.63) is 29.3 Å². The molecule has 3 N–H and O–H groups in total. The molecule has 132 valence electrons. The molecule has 2 rings (SSSR count). The van der Waals surface area contributed by atoms with Gasteiger partial charge in [-0.3, -0.25) is 9.59 Å². The van der Waals surface area contributed by atoms with E-state index in [-0.39, 0.29) is 17.9 Å². The molecule has 0 aliphatic carbocycles. The van der Waals surface area contributed by atoms with Crippen molar-refractivity contribution in [1.82, 2.24) is 10.6 Å². The van der Waals surface area contributed by atoms with Crippen LogP contribution in [0.2, 0.25) is 0 Å². The van der Waals surface area contributed by atoms with Crippen molar-refractivity contribution in [2.75, 3.05) is 18.4 Å². The highest BCUT2D eigenvalue weighted by Crippen LogP contribution is 2.20. The number of carbonyl (C=O) groups is 2. The van der Waals surface area contributed by atoms with Crippen LogP contribution in [0.25, 0.3) is 0 Å². The maximum absolute atomic E-state index is 12.2. The normalized spacial score (nSPS) is 15.3. The van der Waals surface area contributed by atoms with Gasteiger partial charge < -0.3 is 16.0 Å². The zero-order valence-electron chi connectivity index (χ0n) is 14.9. The van der Waals surface area contributed by atoms with Crippen molar-refractivity contribution in [2.24, 2.45) is 5.92 Å². The fourth-order valence-electron chi connectivity index (χ4n) is 3.01. The Bertz CT molecular complexity index is 578. The van der Waals surface area contributed by atoms with Crippen molar-refractivity contribution >= 4 is 17.5 Å². The summed E-state index contributed by atoms with van der Waals surface area (Å²) >= 11 is 0. The van der Waals surface area contributed by atoms with Crippen molar-refractivity contribution in [3.8, 4) is 0 Å². The van der Waals surface area contributed by atoms with Crippen LogP contribution in [0.1, 0.15) is 55.5 Å². The average Bonchev–Trinajstić information content (AvgIpc) is 2.55. The molecule has 1 aliphatic heterocycles. The molecule has 0 bridgehead atoms. The van der Waals surface area contributed by atoms with Crippen LogP contribution in [0.5, 0.6) is 0 Å². The minimum Gasteiger partial charge on any atom is -0.350 e. The fourth-order valence-corrected chi connectivity index (χ4v) is 3.01. The van der Waals surface area contributed by atoms with E-state index in [4.69, 9.17) is 0 Å². The first-order valence-electron chi connectivity index (χ1n) is 8.88. The standard InChI is InChI=1S/C19H29N3O2/c1-13(2)21-19(24)16-5-6-17(14(3)12-16)22-18(23)7-4-15-8-10-20-11-9-15/h5-6,12-13,15,20H,4,7-11H2,1-3H3,(H,21,24)(H,22,23). The number of benzene rings is 1. The van der Waals surface area contributed by atoms with Crippen LogP contribution in [-0.4, -0.2) is 30.9 Å². The van der Waals surface area contributed by atoms with Crippen LogP contribution < -0.4 is 16.0 Å². The van der Waals surface area contributed by atoms with Crippen LogP contribution in [0.3, 0.4) is 0 Å². The number of rotatable bonds is 6. The largest absolute Gasteiger partial charge is 0.350 e. The number of nitrogens with one attached hydrogen (secondary N) is 3. The fraction of sp³-hybridized carbons (Fsp3) is 0.579. The first-order chi connectivity index (χ1) is 11.5. The Balaban J connectivity index is 1.87. The predicted octanol–water partition coefficient (Wildman–Crippen LogP) is 2.85. The molecule has 1 saturated heterocycles. The van der Waals surface area contributed by atoms with Gasteiger partial charge in [-0.05, 0) is 82.8 Å². The summed E-state index contributed by atoms with van der Waals surface area (Å²) in [5, 5.41) is 9.18. The molecule has 0 unspecified atom stereocenters. The lowest BCUT2D eigenvalue weighted by atomic mass is 9.93. The summed E-state index contributed by atoms with van der Waals surface area (Å²) in [7, 11) is 0. The molecule has 1 aromatic rings. The minimum atomic E-state index is -0.0862. The zero-order valence-corrected chi connectivity index (χ0v) is 14.9. The van der Waals surface area contributed by atoms with E-state index in [1.807, 2.05) is 32.9 Å². The lowest BCUT2D eigenvalue weighted by Gasteiger charge is -2.22. The Morgan fingerprint density at radius 3 is 2.58 bits per heavy atom. The van der Waals surface area contributed by atoms with Gasteiger partial charge in [0.15, 0.2) is 0 Å². The topological polar surface area (TPSA) is 70.2 Å². The van der Waals surface area contributed by atoms with Gasteiger partial charge in [0, 0.05) is 23.7 Å². The van der Waals surface area contributed by atoms with Gasteiger partial charge in [-0.15, -0.1) is 0 Å². The highest BCUT2D eigenvalue weighted by atomic mass is 16.2. The number of anilines is 1. The maximum atomic E-state index is 12.2. The molecular formula is C19H29N3O2. The SMILES string of the molecule is Cc1cc(C(=O)NC(C)C)ccc1NC(=O)CCC1CCNCC1. The van der Waals surface area contributed by atoms with Gasteiger partial charge in [0.05, 0.1) is 0 Å². The van der Waals surface area contributed by atoms with Gasteiger partial charge in [-0.1, -0.05) is 0 Å². The Kier molecular flexibility index (Phi) is 6.79. The average molecular weight is 331 g/mol. The van der Waals surface area contributed by atoms with E-state index in [1.54, 1.807) is 6.07 Å². The minimum absolute atomic E-state index is 0.0519. The van der Waals surface area contributed by atoms with Crippen molar-refractivity contribution in [2.45, 2.75) is 52.5 Å². The number of hydrogen-bond donors (Lipinski definition) is 3. The summed E-state index contributed by atoms with van der Waals surface area (Å²) < 4.78 is 0. The molecule has 0 radical (unpaired) electrons. The third-order valence-electron chi connectivity index (χ3n) is 4.42. The Hall–Kier alpha value is -1.88. The van der Waals surface area contributed by atoms with Gasteiger partial charge in [-0.25, -0.2) is 0 Å². The quantitative estimate of drug-likeness (QED) is 0.751. The van der Waals surface area contributed by atoms with Gasteiger partial charge in [-0.2, -0.15) is 0 Å². The molecule has 0 atom stereocenters. The first-order valence-corrected chi connectivity index (χ1v) is 8.88. The molecule has 5 heteroatoms. The Morgan fingerprint density at radius 2 is 1.96 bits per heavy atom. The molecule has 1 aromatic carbocycles. The molecule has 0 aromatic heterocycles. The van der Waals surface area contributed by atoms with Gasteiger partial charge >= 0.3 is 0 Å². The van der Waals surface area contributed by atoms with Crippen molar-refractivity contribution < 1.29 is 9.59 Å². The van der Waals surface area contributed by atoms with E-state index in [1.165, 1.54) is 0 Å². The van der Waals surface area contributed by atoms with Crippen LogP contribution in [0.4, 0.5) is 5.69 Å². The summed E-state index contributed by atoms with van der Waals surface area (Å²) in [6, 6.07) is 5.49. The van der Waals surface area contributed by atoms with Crippen molar-refractivity contribution in [1.29, 1.82) is 0 Å². The van der Waals surface area contributed by atoms with Crippen molar-refractivity contribution in [3.63, 3.8) is 0 Å². The summed E-state index contributed by atoms with van der Waals surface area (Å²) in [4.78, 5) is 24.2. The van der Waals surface area contributed by atoms with E-state index in [9.17, 15) is 9.59 Å². The first kappa shape index (κ1) is 18.5. The third kappa shape index (κ3) is 5.64. The smallest absolute Gasteiger partial charge is 0.251 e. The van der Waals surface area contributed by atoms with E-state index in [0.29, 0.717) is 17.9 Å². The molecule has 1 aliphatic rings. The lowest BCUT2D eigenvalue weighted by Crippen LogP contribution is -2.30. The molecule has 1 fully saturated rings. The Morgan fingerprint density at radius 1 is 1.25 bits per heavy atom. The molecular weight excluding hydrogens is 302 g/mol.